The number of carbonyl (C=O) groups is 1. The van der Waals surface area contributed by atoms with E-state index >= 15 is 0 Å². The van der Waals surface area contributed by atoms with Crippen molar-refractivity contribution in [1.29, 1.82) is 0 Å². The molecule has 0 spiro atoms. The van der Waals surface area contributed by atoms with E-state index in [2.05, 4.69) is 4.99 Å². The quantitative estimate of drug-likeness (QED) is 0.613. The Balaban J connectivity index is 2.96. The molecule has 0 saturated heterocycles. The Kier molecular flexibility index (Phi) is 2.43. The topological polar surface area (TPSA) is 29.4 Å². The van der Waals surface area contributed by atoms with E-state index in [1.54, 1.807) is 0 Å². The van der Waals surface area contributed by atoms with E-state index in [1.807, 2.05) is 0 Å². The molecule has 0 fully saturated rings. The van der Waals surface area contributed by atoms with Gasteiger partial charge in [-0.15, -0.1) is 0 Å². The molecule has 0 aromatic carbocycles. The molecule has 1 rings (SSSR count). The maximum absolute atomic E-state index is 12.5. The summed E-state index contributed by atoms with van der Waals surface area (Å²) in [5.74, 6) is -5.69. The number of alkyl halides is 5. The van der Waals surface area contributed by atoms with Gasteiger partial charge in [0, 0.05) is 18.2 Å². The predicted octanol–water partition coefficient (Wildman–Crippen LogP) is 2.11. The average molecular weight is 213 g/mol. The number of hydrogen-bond acceptors (Lipinski definition) is 1. The van der Waals surface area contributed by atoms with Crippen molar-refractivity contribution in [2.24, 2.45) is 4.99 Å². The van der Waals surface area contributed by atoms with Crippen LogP contribution in [0.15, 0.2) is 16.6 Å². The van der Waals surface area contributed by atoms with Crippen LogP contribution < -0.4 is 0 Å². The Morgan fingerprint density at radius 1 is 1.21 bits per heavy atom. The van der Waals surface area contributed by atoms with Gasteiger partial charge >= 0.3 is 12.1 Å². The number of aliphatic imine (C=N–C) groups is 1. The van der Waals surface area contributed by atoms with Crippen molar-refractivity contribution in [3.63, 3.8) is 0 Å². The Morgan fingerprint density at radius 2 is 1.79 bits per heavy atom. The number of dihydropyridines is 1. The standard InChI is InChI=1S/C7H4F5NO/c8-6(9,7(10,11)12)4-1-2-5(14)13-3-4/h1,3H,2H2. The third kappa shape index (κ3) is 1.80. The van der Waals surface area contributed by atoms with Crippen molar-refractivity contribution in [2.75, 3.05) is 0 Å². The molecule has 0 radical (unpaired) electrons. The molecule has 1 aliphatic heterocycles. The highest BCUT2D eigenvalue weighted by atomic mass is 19.4. The molecule has 7 heteroatoms. The molecule has 78 valence electrons. The molecular formula is C7H4F5NO. The monoisotopic (exact) mass is 213 g/mol. The lowest BCUT2D eigenvalue weighted by Crippen LogP contribution is -2.39. The SMILES string of the molecule is O=C1CC=C(C(F)(F)C(F)(F)F)C=N1. The second kappa shape index (κ2) is 3.14. The van der Waals surface area contributed by atoms with Crippen molar-refractivity contribution in [3.05, 3.63) is 11.6 Å². The molecule has 0 aliphatic carbocycles. The van der Waals surface area contributed by atoms with Crippen LogP contribution in [0.25, 0.3) is 0 Å². The van der Waals surface area contributed by atoms with Crippen molar-refractivity contribution in [1.82, 2.24) is 0 Å². The van der Waals surface area contributed by atoms with E-state index in [1.165, 1.54) is 0 Å². The van der Waals surface area contributed by atoms with Gasteiger partial charge in [0.15, 0.2) is 0 Å². The molecule has 0 atom stereocenters. The number of rotatable bonds is 1. The lowest BCUT2D eigenvalue weighted by molar-refractivity contribution is -0.261. The summed E-state index contributed by atoms with van der Waals surface area (Å²) in [6.07, 6.45) is -5.41. The molecule has 2 nitrogen and oxygen atoms in total. The summed E-state index contributed by atoms with van der Waals surface area (Å²) in [4.78, 5) is 13.3. The zero-order chi connectivity index (χ0) is 11.0. The van der Waals surface area contributed by atoms with Gasteiger partial charge in [0.25, 0.3) is 0 Å². The fourth-order valence-corrected chi connectivity index (χ4v) is 0.817. The van der Waals surface area contributed by atoms with Crippen LogP contribution in [0.5, 0.6) is 0 Å². The van der Waals surface area contributed by atoms with Crippen LogP contribution >= 0.6 is 0 Å². The molecule has 1 heterocycles. The first kappa shape index (κ1) is 10.8. The molecular weight excluding hydrogens is 209 g/mol. The number of halogens is 5. The lowest BCUT2D eigenvalue weighted by atomic mass is 10.1. The highest BCUT2D eigenvalue weighted by Gasteiger charge is 2.59. The van der Waals surface area contributed by atoms with Gasteiger partial charge < -0.3 is 0 Å². The number of allylic oxidation sites excluding steroid dienone is 1. The normalized spacial score (nSPS) is 18.4. The summed E-state index contributed by atoms with van der Waals surface area (Å²) in [6, 6.07) is 0. The fourth-order valence-electron chi connectivity index (χ4n) is 0.817. The number of hydrogen-bond donors (Lipinski definition) is 0. The summed E-state index contributed by atoms with van der Waals surface area (Å²) in [6.45, 7) is 0. The summed E-state index contributed by atoms with van der Waals surface area (Å²) in [7, 11) is 0. The Hall–Kier alpha value is -1.27. The second-order valence-electron chi connectivity index (χ2n) is 2.59. The molecule has 0 aromatic rings. The minimum absolute atomic E-state index is 0.249. The maximum atomic E-state index is 12.5. The summed E-state index contributed by atoms with van der Waals surface area (Å²) in [5.41, 5.74) is -1.29. The highest BCUT2D eigenvalue weighted by molar-refractivity contribution is 5.96. The maximum Gasteiger partial charge on any atom is 0.458 e. The van der Waals surface area contributed by atoms with E-state index in [0.29, 0.717) is 6.08 Å². The molecule has 0 unspecified atom stereocenters. The Bertz CT molecular complexity index is 315. The third-order valence-electron chi connectivity index (χ3n) is 1.56. The highest BCUT2D eigenvalue weighted by Crippen LogP contribution is 2.40. The van der Waals surface area contributed by atoms with Crippen LogP contribution in [0.2, 0.25) is 0 Å². The van der Waals surface area contributed by atoms with Crippen LogP contribution in [0.1, 0.15) is 6.42 Å². The fraction of sp³-hybridized carbons (Fsp3) is 0.429. The third-order valence-corrected chi connectivity index (χ3v) is 1.56. The second-order valence-corrected chi connectivity index (χ2v) is 2.59. The summed E-state index contributed by atoms with van der Waals surface area (Å²) in [5, 5.41) is 0. The van der Waals surface area contributed by atoms with Crippen molar-refractivity contribution in [3.8, 4) is 0 Å². The van der Waals surface area contributed by atoms with Crippen LogP contribution in [0, 0.1) is 0 Å². The summed E-state index contributed by atoms with van der Waals surface area (Å²) < 4.78 is 60.4. The van der Waals surface area contributed by atoms with Gasteiger partial charge in [0.2, 0.25) is 5.91 Å². The number of amides is 1. The minimum Gasteiger partial charge on any atom is -0.272 e. The van der Waals surface area contributed by atoms with Crippen LogP contribution in [0.3, 0.4) is 0 Å². The van der Waals surface area contributed by atoms with Crippen molar-refractivity contribution in [2.45, 2.75) is 18.5 Å². The van der Waals surface area contributed by atoms with E-state index in [-0.39, 0.29) is 6.21 Å². The van der Waals surface area contributed by atoms with Crippen molar-refractivity contribution < 1.29 is 26.7 Å². The zero-order valence-electron chi connectivity index (χ0n) is 6.61. The molecule has 0 N–H and O–H groups in total. The Morgan fingerprint density at radius 3 is 2.14 bits per heavy atom. The van der Waals surface area contributed by atoms with Crippen LogP contribution in [-0.4, -0.2) is 24.2 Å². The van der Waals surface area contributed by atoms with Crippen molar-refractivity contribution >= 4 is 12.1 Å². The molecule has 0 bridgehead atoms. The Labute approximate surface area is 75.1 Å². The van der Waals surface area contributed by atoms with Gasteiger partial charge in [0.05, 0.1) is 0 Å². The van der Waals surface area contributed by atoms with Crippen LogP contribution in [0.4, 0.5) is 22.0 Å². The minimum atomic E-state index is -5.66. The van der Waals surface area contributed by atoms with Gasteiger partial charge in [0.1, 0.15) is 0 Å². The number of carbonyl (C=O) groups excluding carboxylic acids is 1. The molecule has 0 aromatic heterocycles. The van der Waals surface area contributed by atoms with E-state index in [0.717, 1.165) is 0 Å². The van der Waals surface area contributed by atoms with Crippen LogP contribution in [-0.2, 0) is 4.79 Å². The number of nitrogens with zero attached hydrogens (tertiary/aromatic N) is 1. The van der Waals surface area contributed by atoms with E-state index < -0.39 is 30.0 Å². The first-order chi connectivity index (χ1) is 6.25. The molecule has 14 heavy (non-hydrogen) atoms. The van der Waals surface area contributed by atoms with Gasteiger partial charge in [-0.2, -0.15) is 22.0 Å². The first-order valence-corrected chi connectivity index (χ1v) is 3.47. The van der Waals surface area contributed by atoms with Gasteiger partial charge in [-0.3, -0.25) is 4.79 Å². The molecule has 1 amide bonds. The lowest BCUT2D eigenvalue weighted by Gasteiger charge is -2.21. The van der Waals surface area contributed by atoms with Gasteiger partial charge in [-0.25, -0.2) is 4.99 Å². The smallest absolute Gasteiger partial charge is 0.272 e. The average Bonchev–Trinajstić information content (AvgIpc) is 2.03. The molecule has 0 saturated carbocycles. The molecule has 1 aliphatic rings. The van der Waals surface area contributed by atoms with Gasteiger partial charge in [-0.1, -0.05) is 6.08 Å². The predicted molar refractivity (Wildman–Crippen MR) is 37.2 cm³/mol. The largest absolute Gasteiger partial charge is 0.458 e. The summed E-state index contributed by atoms with van der Waals surface area (Å²) >= 11 is 0. The zero-order valence-corrected chi connectivity index (χ0v) is 6.61. The van der Waals surface area contributed by atoms with E-state index in [4.69, 9.17) is 0 Å². The van der Waals surface area contributed by atoms with E-state index in [9.17, 15) is 26.7 Å². The first-order valence-electron chi connectivity index (χ1n) is 3.47. The van der Waals surface area contributed by atoms with Gasteiger partial charge in [-0.05, 0) is 0 Å².